The first kappa shape index (κ1) is 62.7. The third kappa shape index (κ3) is 13.5. The monoisotopic (exact) mass is 1200 g/mol. The number of imidazole rings is 3. The van der Waals surface area contributed by atoms with Crippen molar-refractivity contribution in [2.45, 2.75) is 124 Å². The molecule has 0 aliphatic heterocycles. The molecule has 10 N–H and O–H groups in total. The highest BCUT2D eigenvalue weighted by Gasteiger charge is 2.23. The number of aromatic nitrogens is 12. The van der Waals surface area contributed by atoms with Crippen molar-refractivity contribution < 1.29 is 27.6 Å². The summed E-state index contributed by atoms with van der Waals surface area (Å²) in [6, 6.07) is 15.6. The number of anilines is 2. The molecule has 0 saturated carbocycles. The summed E-state index contributed by atoms with van der Waals surface area (Å²) in [6.45, 7) is 14.3. The van der Waals surface area contributed by atoms with Crippen molar-refractivity contribution in [2.24, 2.45) is 5.73 Å². The number of carboxylic acids is 1. The van der Waals surface area contributed by atoms with E-state index < -0.39 is 45.2 Å². The summed E-state index contributed by atoms with van der Waals surface area (Å²) in [4.78, 5) is 110. The Labute approximate surface area is 484 Å². The van der Waals surface area contributed by atoms with Crippen LogP contribution in [0.5, 0.6) is 5.75 Å². The fourth-order valence-electron chi connectivity index (χ4n) is 9.27. The molecule has 0 amide bonds. The number of halogens is 1. The van der Waals surface area contributed by atoms with Gasteiger partial charge in [-0.1, -0.05) is 53.1 Å². The second-order valence-corrected chi connectivity index (χ2v) is 21.2. The van der Waals surface area contributed by atoms with Crippen LogP contribution < -0.4 is 55.3 Å². The molecule has 448 valence electrons. The van der Waals surface area contributed by atoms with Crippen LogP contribution >= 0.6 is 11.6 Å². The molecule has 27 nitrogen and oxygen atoms in total. The third-order valence-electron chi connectivity index (χ3n) is 13.0. The van der Waals surface area contributed by atoms with Gasteiger partial charge in [-0.15, -0.1) is 0 Å². The van der Waals surface area contributed by atoms with Gasteiger partial charge in [0.25, 0.3) is 26.8 Å². The molecule has 84 heavy (non-hydrogen) atoms. The second-order valence-electron chi connectivity index (χ2n) is 19.4. The molecule has 29 heteroatoms. The lowest BCUT2D eigenvalue weighted by atomic mass is 10.1. The van der Waals surface area contributed by atoms with Crippen LogP contribution in [-0.4, -0.2) is 101 Å². The highest BCUT2D eigenvalue weighted by molar-refractivity contribution is 7.85. The summed E-state index contributed by atoms with van der Waals surface area (Å²) in [5, 5.41) is 12.7. The number of hydrogen-bond donors (Lipinski definition) is 8. The lowest BCUT2D eigenvalue weighted by molar-refractivity contribution is -0.139. The number of hydrogen-bond acceptors (Lipinski definition) is 16. The minimum atomic E-state index is -4.29. The average molecular weight is 1200 g/mol. The van der Waals surface area contributed by atoms with Gasteiger partial charge in [-0.2, -0.15) is 8.42 Å². The molecule has 3 aromatic carbocycles. The number of nitrogens with one attached hydrogen (secondary N) is 4. The van der Waals surface area contributed by atoms with Gasteiger partial charge in [0.15, 0.2) is 23.5 Å². The summed E-state index contributed by atoms with van der Waals surface area (Å²) < 4.78 is 45.1. The molecule has 6 aromatic heterocycles. The number of H-pyrrole nitrogens is 3. The largest absolute Gasteiger partial charge is 0.481 e. The highest BCUT2D eigenvalue weighted by atomic mass is 35.5. The van der Waals surface area contributed by atoms with Crippen molar-refractivity contribution in [1.29, 1.82) is 0 Å². The predicted molar refractivity (Wildman–Crippen MR) is 322 cm³/mol. The number of aliphatic carboxylic acids is 1. The molecule has 0 bridgehead atoms. The Kier molecular flexibility index (Phi) is 20.5. The third-order valence-corrected chi connectivity index (χ3v) is 14.1. The molecule has 0 fully saturated rings. The lowest BCUT2D eigenvalue weighted by Crippen LogP contribution is -2.40. The van der Waals surface area contributed by atoms with E-state index in [0.29, 0.717) is 146 Å². The summed E-state index contributed by atoms with van der Waals surface area (Å²) in [7, 11) is -4.29. The normalized spacial score (nSPS) is 11.4. The van der Waals surface area contributed by atoms with Gasteiger partial charge >= 0.3 is 23.0 Å². The first-order valence-corrected chi connectivity index (χ1v) is 29.2. The Morgan fingerprint density at radius 3 is 1.40 bits per heavy atom. The maximum atomic E-state index is 13.0. The zero-order chi connectivity index (χ0) is 61.2. The Morgan fingerprint density at radius 2 is 1.00 bits per heavy atom. The number of rotatable bonds is 22. The molecule has 0 atom stereocenters. The molecule has 6 heterocycles. The number of ether oxygens (including phenoxy) is 1. The summed E-state index contributed by atoms with van der Waals surface area (Å²) in [6.07, 6.45) is 4.12. The highest BCUT2D eigenvalue weighted by Crippen LogP contribution is 2.32. The van der Waals surface area contributed by atoms with Crippen LogP contribution in [-0.2, 0) is 54.2 Å². The zero-order valence-electron chi connectivity index (χ0n) is 47.3. The SMILES string of the molecule is CCCn1c(=O)c2[nH]c(-c3ccc(Cl)cc3N)nc2n(CCC)c1=O.CCCn1c(=O)c2[nH]c(-c3ccc(NCCN)cc3OCC(=O)O)nc2n(CCC)c1=O.CCCn1c(=O)c2[nH]c(-c3ccc(S(=O)(=O)O)cc3)nc2n(CCC)c1=O. The van der Waals surface area contributed by atoms with Gasteiger partial charge in [-0.05, 0) is 93.1 Å². The van der Waals surface area contributed by atoms with E-state index in [0.717, 1.165) is 6.42 Å². The van der Waals surface area contributed by atoms with Crippen molar-refractivity contribution >= 4 is 72.6 Å². The van der Waals surface area contributed by atoms with Crippen LogP contribution in [0.2, 0.25) is 5.02 Å². The van der Waals surface area contributed by atoms with Crippen molar-refractivity contribution in [2.75, 3.05) is 30.7 Å². The number of aryl methyl sites for hydroxylation is 3. The molecule has 0 saturated heterocycles. The Balaban J connectivity index is 0.000000182. The molecular weight excluding hydrogens is 1130 g/mol. The van der Waals surface area contributed by atoms with Crippen molar-refractivity contribution in [3.63, 3.8) is 0 Å². The standard InChI is InChI=1S/C21H28N6O5.C17H20ClN5O2.C17H20N4O5S/c1-3-9-26-19-17(20(30)27(10-4-2)21(26)31)24-18(25-19)14-6-5-13(23-8-7-22)11-15(14)32-12-16(28)29;1-3-7-22-15-13(16(24)23(8-4-2)17(22)25)20-14(21-15)11-6-5-10(18)9-12(11)19;1-3-9-20-15-13(16(22)21(10-4-2)17(20)23)18-14(19-15)11-5-7-12(8-6-11)27(24,25)26/h5-6,11,23H,3-4,7-10,12,22H2,1-2H3,(H,24,25)(H,28,29);5-6,9H,3-4,7-8,19H2,1-2H3,(H,20,21);5-8H,3-4,9-10H2,1-2H3,(H,18,19)(H,24,25,26). The minimum absolute atomic E-state index is 0.219. The van der Waals surface area contributed by atoms with Crippen molar-refractivity contribution in [3.05, 3.63) is 128 Å². The first-order valence-electron chi connectivity index (χ1n) is 27.4. The average Bonchev–Trinajstić information content (AvgIpc) is 3.74. The maximum Gasteiger partial charge on any atom is 0.341 e. The minimum Gasteiger partial charge on any atom is -0.481 e. The number of nitrogens with zero attached hydrogens (tertiary/aromatic N) is 9. The molecule has 0 spiro atoms. The zero-order valence-corrected chi connectivity index (χ0v) is 48.9. The van der Waals surface area contributed by atoms with Crippen LogP contribution in [0, 0.1) is 0 Å². The number of benzene rings is 3. The van der Waals surface area contributed by atoms with E-state index in [2.05, 4.69) is 35.2 Å². The Morgan fingerprint density at radius 1 is 0.595 bits per heavy atom. The van der Waals surface area contributed by atoms with Crippen LogP contribution in [0.1, 0.15) is 80.1 Å². The lowest BCUT2D eigenvalue weighted by Gasteiger charge is -2.12. The molecule has 9 rings (SSSR count). The van der Waals surface area contributed by atoms with Crippen LogP contribution in [0.15, 0.2) is 94.3 Å². The molecular formula is C55H68ClN15O12S. The fraction of sp³-hybridized carbons (Fsp3) is 0.382. The van der Waals surface area contributed by atoms with Gasteiger partial charge < -0.3 is 41.6 Å². The van der Waals surface area contributed by atoms with E-state index >= 15 is 0 Å². The van der Waals surface area contributed by atoms with Crippen LogP contribution in [0.3, 0.4) is 0 Å². The van der Waals surface area contributed by atoms with Gasteiger partial charge in [0, 0.05) is 85.9 Å². The topological polar surface area (TPSA) is 383 Å². The molecule has 0 unspecified atom stereocenters. The van der Waals surface area contributed by atoms with Gasteiger partial charge in [-0.25, -0.2) is 34.1 Å². The van der Waals surface area contributed by atoms with Gasteiger partial charge in [0.1, 0.15) is 39.8 Å². The van der Waals surface area contributed by atoms with Crippen molar-refractivity contribution in [1.82, 2.24) is 57.3 Å². The van der Waals surface area contributed by atoms with E-state index in [1.807, 2.05) is 41.5 Å². The molecule has 0 aliphatic carbocycles. The van der Waals surface area contributed by atoms with Gasteiger partial charge in [-0.3, -0.25) is 46.3 Å². The number of fused-ring (bicyclic) bond motifs is 3. The fourth-order valence-corrected chi connectivity index (χ4v) is 9.93. The first-order chi connectivity index (χ1) is 40.2. The van der Waals surface area contributed by atoms with Gasteiger partial charge in [0.05, 0.1) is 10.5 Å². The predicted octanol–water partition coefficient (Wildman–Crippen LogP) is 5.44. The Bertz CT molecular complexity index is 4360. The van der Waals surface area contributed by atoms with E-state index in [4.69, 9.17) is 37.5 Å². The number of carboxylic acid groups (broad SMARTS) is 1. The number of nitrogens with two attached hydrogens (primary N) is 2. The summed E-state index contributed by atoms with van der Waals surface area (Å²) in [5.74, 6) is 0.232. The summed E-state index contributed by atoms with van der Waals surface area (Å²) in [5.41, 5.74) is 13.6. The van der Waals surface area contributed by atoms with E-state index in [1.165, 1.54) is 47.1 Å². The molecule has 0 aliphatic rings. The van der Waals surface area contributed by atoms with Crippen LogP contribution in [0.4, 0.5) is 11.4 Å². The molecule has 0 radical (unpaired) electrons. The summed E-state index contributed by atoms with van der Waals surface area (Å²) >= 11 is 5.94. The second kappa shape index (κ2) is 27.5. The van der Waals surface area contributed by atoms with E-state index in [1.54, 1.807) is 41.0 Å². The number of carbonyl (C=O) groups is 1. The quantitative estimate of drug-likeness (QED) is 0.0309. The van der Waals surface area contributed by atoms with Crippen LogP contribution in [0.25, 0.3) is 67.7 Å². The maximum absolute atomic E-state index is 13.0. The molecule has 9 aromatic rings. The smallest absolute Gasteiger partial charge is 0.341 e. The number of aromatic amines is 3. The van der Waals surface area contributed by atoms with E-state index in [9.17, 15) is 42.0 Å². The number of nitrogen functional groups attached to an aromatic ring is 1. The Hall–Kier alpha value is -8.86. The van der Waals surface area contributed by atoms with E-state index in [-0.39, 0.29) is 44.2 Å². The van der Waals surface area contributed by atoms with Gasteiger partial charge in [0.2, 0.25) is 0 Å². The van der Waals surface area contributed by atoms with Crippen molar-refractivity contribution in [3.8, 4) is 39.9 Å².